The van der Waals surface area contributed by atoms with Crippen molar-refractivity contribution in [3.05, 3.63) is 30.1 Å². The van der Waals surface area contributed by atoms with Crippen molar-refractivity contribution >= 4 is 5.91 Å². The summed E-state index contributed by atoms with van der Waals surface area (Å²) >= 11 is 0. The molecule has 0 radical (unpaired) electrons. The van der Waals surface area contributed by atoms with E-state index in [1.165, 1.54) is 5.56 Å². The van der Waals surface area contributed by atoms with Gasteiger partial charge in [-0.2, -0.15) is 0 Å². The SMILES string of the molecule is COCCNC(=O)[C@H]1C[C@@H]2CCN(Cc3ccncc3)C[C@@H]2O1. The second-order valence-electron chi connectivity index (χ2n) is 6.32. The molecule has 1 amide bonds. The zero-order valence-corrected chi connectivity index (χ0v) is 13.6. The third kappa shape index (κ3) is 4.28. The second-order valence-corrected chi connectivity index (χ2v) is 6.32. The highest BCUT2D eigenvalue weighted by Crippen LogP contribution is 2.33. The van der Waals surface area contributed by atoms with Crippen molar-refractivity contribution in [2.24, 2.45) is 5.92 Å². The van der Waals surface area contributed by atoms with Gasteiger partial charge in [-0.05, 0) is 43.0 Å². The van der Waals surface area contributed by atoms with Gasteiger partial charge < -0.3 is 14.8 Å². The number of aromatic nitrogens is 1. The van der Waals surface area contributed by atoms with E-state index >= 15 is 0 Å². The Bertz CT molecular complexity index is 511. The van der Waals surface area contributed by atoms with E-state index in [0.29, 0.717) is 19.1 Å². The van der Waals surface area contributed by atoms with Crippen molar-refractivity contribution in [1.82, 2.24) is 15.2 Å². The predicted molar refractivity (Wildman–Crippen MR) is 85.8 cm³/mol. The number of piperidine rings is 1. The van der Waals surface area contributed by atoms with Crippen molar-refractivity contribution < 1.29 is 14.3 Å². The van der Waals surface area contributed by atoms with Crippen LogP contribution in [0, 0.1) is 5.92 Å². The molecule has 1 aromatic rings. The molecule has 0 spiro atoms. The number of amides is 1. The lowest BCUT2D eigenvalue weighted by Crippen LogP contribution is -2.42. The quantitative estimate of drug-likeness (QED) is 0.787. The number of nitrogens with one attached hydrogen (secondary N) is 1. The number of fused-ring (bicyclic) bond motifs is 1. The third-order valence-corrected chi connectivity index (χ3v) is 4.69. The van der Waals surface area contributed by atoms with Crippen molar-refractivity contribution in [3.8, 4) is 0 Å². The lowest BCUT2D eigenvalue weighted by atomic mass is 9.91. The summed E-state index contributed by atoms with van der Waals surface area (Å²) in [6.07, 6.45) is 5.46. The van der Waals surface area contributed by atoms with Crippen LogP contribution in [0.3, 0.4) is 0 Å². The van der Waals surface area contributed by atoms with Crippen molar-refractivity contribution in [3.63, 3.8) is 0 Å². The summed E-state index contributed by atoms with van der Waals surface area (Å²) in [5, 5.41) is 2.88. The summed E-state index contributed by atoms with van der Waals surface area (Å²) in [5.41, 5.74) is 1.27. The Labute approximate surface area is 137 Å². The standard InChI is InChI=1S/C17H25N3O3/c1-22-9-7-19-17(21)15-10-14-4-8-20(12-16(14)23-15)11-13-2-5-18-6-3-13/h2-3,5-6,14-16H,4,7-12H2,1H3,(H,19,21)/t14-,15+,16-/m0/s1. The van der Waals surface area contributed by atoms with E-state index in [9.17, 15) is 4.79 Å². The highest BCUT2D eigenvalue weighted by molar-refractivity contribution is 5.81. The molecule has 2 aliphatic rings. The summed E-state index contributed by atoms with van der Waals surface area (Å²) in [6.45, 7) is 3.95. The molecule has 0 aliphatic carbocycles. The van der Waals surface area contributed by atoms with E-state index in [2.05, 4.69) is 15.2 Å². The number of hydrogen-bond acceptors (Lipinski definition) is 5. The highest BCUT2D eigenvalue weighted by Gasteiger charge is 2.41. The van der Waals surface area contributed by atoms with E-state index < -0.39 is 0 Å². The van der Waals surface area contributed by atoms with Crippen LogP contribution >= 0.6 is 0 Å². The Hall–Kier alpha value is -1.50. The minimum Gasteiger partial charge on any atom is -0.383 e. The van der Waals surface area contributed by atoms with Gasteiger partial charge in [0.1, 0.15) is 6.10 Å². The molecule has 2 aliphatic heterocycles. The number of ether oxygens (including phenoxy) is 2. The molecule has 23 heavy (non-hydrogen) atoms. The van der Waals surface area contributed by atoms with Gasteiger partial charge in [0.05, 0.1) is 12.7 Å². The molecule has 6 heteroatoms. The van der Waals surface area contributed by atoms with Crippen LogP contribution in [0.5, 0.6) is 0 Å². The van der Waals surface area contributed by atoms with E-state index in [-0.39, 0.29) is 18.1 Å². The molecular formula is C17H25N3O3. The predicted octanol–water partition coefficient (Wildman–Crippen LogP) is 0.824. The Balaban J connectivity index is 1.48. The first-order valence-corrected chi connectivity index (χ1v) is 8.29. The molecule has 1 N–H and O–H groups in total. The molecule has 0 aromatic carbocycles. The monoisotopic (exact) mass is 319 g/mol. The first kappa shape index (κ1) is 16.4. The Morgan fingerprint density at radius 3 is 3.09 bits per heavy atom. The summed E-state index contributed by atoms with van der Waals surface area (Å²) in [7, 11) is 1.63. The molecule has 6 nitrogen and oxygen atoms in total. The van der Waals surface area contributed by atoms with Crippen molar-refractivity contribution in [2.45, 2.75) is 31.6 Å². The number of rotatable bonds is 6. The van der Waals surface area contributed by atoms with Gasteiger partial charge in [-0.25, -0.2) is 0 Å². The molecule has 0 bridgehead atoms. The Morgan fingerprint density at radius 1 is 1.48 bits per heavy atom. The number of hydrogen-bond donors (Lipinski definition) is 1. The Morgan fingerprint density at radius 2 is 2.30 bits per heavy atom. The Kier molecular flexibility index (Phi) is 5.59. The maximum atomic E-state index is 12.1. The fourth-order valence-corrected chi connectivity index (χ4v) is 3.44. The molecule has 3 atom stereocenters. The second kappa shape index (κ2) is 7.86. The molecule has 126 valence electrons. The van der Waals surface area contributed by atoms with E-state index in [1.54, 1.807) is 7.11 Å². The summed E-state index contributed by atoms with van der Waals surface area (Å²) in [5.74, 6) is 0.499. The normalized spacial score (nSPS) is 27.6. The van der Waals surface area contributed by atoms with Gasteiger partial charge in [0.25, 0.3) is 0 Å². The van der Waals surface area contributed by atoms with Gasteiger partial charge in [-0.1, -0.05) is 0 Å². The minimum absolute atomic E-state index is 0.00265. The zero-order chi connectivity index (χ0) is 16.1. The average Bonchev–Trinajstić information content (AvgIpc) is 2.99. The molecule has 2 fully saturated rings. The van der Waals surface area contributed by atoms with Gasteiger partial charge in [-0.3, -0.25) is 14.7 Å². The van der Waals surface area contributed by atoms with Crippen LogP contribution in [0.1, 0.15) is 18.4 Å². The largest absolute Gasteiger partial charge is 0.383 e. The summed E-state index contributed by atoms with van der Waals surface area (Å²) < 4.78 is 11.0. The minimum atomic E-state index is -0.303. The van der Waals surface area contributed by atoms with Crippen molar-refractivity contribution in [1.29, 1.82) is 0 Å². The van der Waals surface area contributed by atoms with E-state index in [1.807, 2.05) is 24.5 Å². The summed E-state index contributed by atoms with van der Waals surface area (Å²) in [4.78, 5) is 18.6. The van der Waals surface area contributed by atoms with Gasteiger partial charge in [0.2, 0.25) is 5.91 Å². The average molecular weight is 319 g/mol. The van der Waals surface area contributed by atoms with E-state index in [0.717, 1.165) is 32.5 Å². The first-order valence-electron chi connectivity index (χ1n) is 8.29. The van der Waals surface area contributed by atoms with Gasteiger partial charge in [0.15, 0.2) is 0 Å². The van der Waals surface area contributed by atoms with E-state index in [4.69, 9.17) is 9.47 Å². The fraction of sp³-hybridized carbons (Fsp3) is 0.647. The number of methoxy groups -OCH3 is 1. The van der Waals surface area contributed by atoms with Crippen LogP contribution in [0.15, 0.2) is 24.5 Å². The number of likely N-dealkylation sites (tertiary alicyclic amines) is 1. The smallest absolute Gasteiger partial charge is 0.249 e. The van der Waals surface area contributed by atoms with Crippen molar-refractivity contribution in [2.75, 3.05) is 33.4 Å². The molecule has 0 unspecified atom stereocenters. The van der Waals surface area contributed by atoms with Crippen LogP contribution in [0.25, 0.3) is 0 Å². The van der Waals surface area contributed by atoms with Crippen LogP contribution in [0.4, 0.5) is 0 Å². The third-order valence-electron chi connectivity index (χ3n) is 4.69. The van der Waals surface area contributed by atoms with Crippen LogP contribution in [-0.4, -0.2) is 61.3 Å². The first-order chi connectivity index (χ1) is 11.3. The van der Waals surface area contributed by atoms with Gasteiger partial charge in [0, 0.05) is 39.1 Å². The molecule has 1 aromatic heterocycles. The number of carbonyl (C=O) groups is 1. The highest BCUT2D eigenvalue weighted by atomic mass is 16.5. The molecule has 3 heterocycles. The van der Waals surface area contributed by atoms with Crippen LogP contribution in [0.2, 0.25) is 0 Å². The maximum Gasteiger partial charge on any atom is 0.249 e. The van der Waals surface area contributed by atoms with Crippen LogP contribution in [-0.2, 0) is 20.8 Å². The number of pyridine rings is 1. The lowest BCUT2D eigenvalue weighted by molar-refractivity contribution is -0.133. The zero-order valence-electron chi connectivity index (χ0n) is 13.6. The van der Waals surface area contributed by atoms with Crippen LogP contribution < -0.4 is 5.32 Å². The molecular weight excluding hydrogens is 294 g/mol. The number of carbonyl (C=O) groups excluding carboxylic acids is 1. The fourth-order valence-electron chi connectivity index (χ4n) is 3.44. The van der Waals surface area contributed by atoms with Gasteiger partial charge in [-0.15, -0.1) is 0 Å². The molecule has 3 rings (SSSR count). The maximum absolute atomic E-state index is 12.1. The topological polar surface area (TPSA) is 63.7 Å². The lowest BCUT2D eigenvalue weighted by Gasteiger charge is -2.34. The molecule has 2 saturated heterocycles. The number of nitrogens with zero attached hydrogens (tertiary/aromatic N) is 2. The van der Waals surface area contributed by atoms with Gasteiger partial charge >= 0.3 is 0 Å². The molecule has 0 saturated carbocycles. The summed E-state index contributed by atoms with van der Waals surface area (Å²) in [6, 6.07) is 4.10.